The largest absolute Gasteiger partial charge is 0.494 e. The Bertz CT molecular complexity index is 776. The van der Waals surface area contributed by atoms with Gasteiger partial charge in [0.05, 0.1) is 35.1 Å². The maximum atomic E-state index is 12.1. The Morgan fingerprint density at radius 2 is 1.70 bits per heavy atom. The number of halogens is 2. The highest BCUT2D eigenvalue weighted by molar-refractivity contribution is 7.92. The second kappa shape index (κ2) is 7.43. The van der Waals surface area contributed by atoms with Gasteiger partial charge >= 0.3 is 0 Å². The van der Waals surface area contributed by atoms with Gasteiger partial charge in [0, 0.05) is 0 Å². The van der Waals surface area contributed by atoms with E-state index in [9.17, 15) is 8.42 Å². The molecule has 0 N–H and O–H groups in total. The van der Waals surface area contributed by atoms with Crippen LogP contribution < -0.4 is 9.04 Å². The topological polar surface area (TPSA) is 46.6 Å². The van der Waals surface area contributed by atoms with Crippen molar-refractivity contribution in [1.29, 1.82) is 0 Å². The van der Waals surface area contributed by atoms with E-state index >= 15 is 0 Å². The molecule has 0 aromatic heterocycles. The molecule has 0 bridgehead atoms. The van der Waals surface area contributed by atoms with Gasteiger partial charge in [-0.1, -0.05) is 29.3 Å². The summed E-state index contributed by atoms with van der Waals surface area (Å²) in [5.41, 5.74) is 1.31. The normalized spacial score (nSPS) is 11.3. The van der Waals surface area contributed by atoms with Gasteiger partial charge in [0.15, 0.2) is 0 Å². The molecule has 7 heteroatoms. The molecule has 23 heavy (non-hydrogen) atoms. The molecule has 0 saturated heterocycles. The van der Waals surface area contributed by atoms with Gasteiger partial charge in [0.1, 0.15) is 5.75 Å². The quantitative estimate of drug-likeness (QED) is 0.755. The minimum Gasteiger partial charge on any atom is -0.494 e. The molecule has 0 heterocycles. The number of benzene rings is 2. The second-order valence-corrected chi connectivity index (χ2v) is 7.67. The van der Waals surface area contributed by atoms with E-state index in [4.69, 9.17) is 27.9 Å². The van der Waals surface area contributed by atoms with Gasteiger partial charge in [-0.25, -0.2) is 8.42 Å². The van der Waals surface area contributed by atoms with Gasteiger partial charge in [0.25, 0.3) is 0 Å². The monoisotopic (exact) mass is 373 g/mol. The van der Waals surface area contributed by atoms with Gasteiger partial charge in [-0.3, -0.25) is 4.31 Å². The Hall–Kier alpha value is -1.43. The average Bonchev–Trinajstić information content (AvgIpc) is 2.48. The first-order valence-corrected chi connectivity index (χ1v) is 9.56. The molecule has 0 saturated carbocycles. The maximum Gasteiger partial charge on any atom is 0.232 e. The lowest BCUT2D eigenvalue weighted by molar-refractivity contribution is 0.340. The third-order valence-corrected chi connectivity index (χ3v) is 5.03. The predicted molar refractivity (Wildman–Crippen MR) is 95.1 cm³/mol. The van der Waals surface area contributed by atoms with Crippen LogP contribution in [0.1, 0.15) is 12.5 Å². The van der Waals surface area contributed by atoms with Crippen molar-refractivity contribution in [1.82, 2.24) is 0 Å². The highest BCUT2D eigenvalue weighted by Crippen LogP contribution is 2.27. The zero-order valence-corrected chi connectivity index (χ0v) is 15.1. The summed E-state index contributed by atoms with van der Waals surface area (Å²) in [5.74, 6) is 0.694. The third kappa shape index (κ3) is 4.77. The van der Waals surface area contributed by atoms with E-state index in [1.165, 1.54) is 10.6 Å². The minimum absolute atomic E-state index is 0.170. The molecule has 0 aliphatic rings. The van der Waals surface area contributed by atoms with Crippen LogP contribution in [0.2, 0.25) is 10.0 Å². The fraction of sp³-hybridized carbons (Fsp3) is 0.250. The van der Waals surface area contributed by atoms with Crippen LogP contribution in [-0.4, -0.2) is 21.3 Å². The zero-order chi connectivity index (χ0) is 17.0. The molecule has 0 aliphatic heterocycles. The molecular weight excluding hydrogens is 357 g/mol. The Balaban J connectivity index is 2.32. The van der Waals surface area contributed by atoms with Gasteiger partial charge in [0.2, 0.25) is 10.0 Å². The fourth-order valence-corrected chi connectivity index (χ4v) is 3.29. The number of nitrogens with zero attached hydrogens (tertiary/aromatic N) is 1. The number of ether oxygens (including phenoxy) is 1. The number of sulfonamides is 1. The van der Waals surface area contributed by atoms with Crippen LogP contribution >= 0.6 is 23.2 Å². The van der Waals surface area contributed by atoms with Crippen molar-refractivity contribution in [2.45, 2.75) is 13.5 Å². The van der Waals surface area contributed by atoms with Gasteiger partial charge < -0.3 is 4.74 Å². The lowest BCUT2D eigenvalue weighted by Crippen LogP contribution is -2.29. The van der Waals surface area contributed by atoms with Gasteiger partial charge in [-0.2, -0.15) is 0 Å². The molecular formula is C16H17Cl2NO3S. The number of anilines is 1. The summed E-state index contributed by atoms with van der Waals surface area (Å²) in [6, 6.07) is 12.0. The summed E-state index contributed by atoms with van der Waals surface area (Å²) in [4.78, 5) is 0. The van der Waals surface area contributed by atoms with Crippen molar-refractivity contribution in [3.05, 3.63) is 58.1 Å². The molecule has 4 nitrogen and oxygen atoms in total. The average molecular weight is 374 g/mol. The first-order chi connectivity index (χ1) is 10.8. The first kappa shape index (κ1) is 17.9. The van der Waals surface area contributed by atoms with E-state index in [0.29, 0.717) is 28.1 Å². The predicted octanol–water partition coefficient (Wildman–Crippen LogP) is 4.36. The molecule has 124 valence electrons. The maximum absolute atomic E-state index is 12.1. The molecule has 2 rings (SSSR count). The fourth-order valence-electron chi connectivity index (χ4n) is 2.08. The van der Waals surface area contributed by atoms with E-state index < -0.39 is 10.0 Å². The first-order valence-electron chi connectivity index (χ1n) is 6.95. The molecule has 0 atom stereocenters. The molecule has 0 amide bonds. The van der Waals surface area contributed by atoms with Gasteiger partial charge in [-0.05, 0) is 48.9 Å². The molecule has 0 fully saturated rings. The summed E-state index contributed by atoms with van der Waals surface area (Å²) in [5, 5.41) is 0.826. The Morgan fingerprint density at radius 3 is 2.22 bits per heavy atom. The van der Waals surface area contributed by atoms with E-state index in [2.05, 4.69) is 0 Å². The third-order valence-electron chi connectivity index (χ3n) is 3.15. The van der Waals surface area contributed by atoms with Crippen LogP contribution in [0, 0.1) is 0 Å². The molecule has 0 aliphatic carbocycles. The van der Waals surface area contributed by atoms with Crippen molar-refractivity contribution in [2.24, 2.45) is 0 Å². The van der Waals surface area contributed by atoms with Crippen molar-refractivity contribution in [2.75, 3.05) is 17.2 Å². The van der Waals surface area contributed by atoms with Crippen molar-refractivity contribution < 1.29 is 13.2 Å². The summed E-state index contributed by atoms with van der Waals surface area (Å²) in [6.45, 7) is 2.61. The zero-order valence-electron chi connectivity index (χ0n) is 12.8. The summed E-state index contributed by atoms with van der Waals surface area (Å²) in [6.07, 6.45) is 1.17. The van der Waals surface area contributed by atoms with Crippen molar-refractivity contribution in [3.8, 4) is 5.75 Å². The van der Waals surface area contributed by atoms with Crippen LogP contribution in [0.15, 0.2) is 42.5 Å². The summed E-state index contributed by atoms with van der Waals surface area (Å²) in [7, 11) is -3.45. The Labute approximate surface area is 146 Å². The number of hydrogen-bond donors (Lipinski definition) is 0. The Kier molecular flexibility index (Phi) is 5.79. The molecule has 0 radical (unpaired) electrons. The second-order valence-electron chi connectivity index (χ2n) is 4.95. The van der Waals surface area contributed by atoms with Crippen LogP contribution in [0.5, 0.6) is 5.75 Å². The highest BCUT2D eigenvalue weighted by atomic mass is 35.5. The Morgan fingerprint density at radius 1 is 1.04 bits per heavy atom. The molecule has 2 aromatic rings. The van der Waals surface area contributed by atoms with E-state index in [0.717, 1.165) is 5.56 Å². The smallest absolute Gasteiger partial charge is 0.232 e. The molecule has 2 aromatic carbocycles. The van der Waals surface area contributed by atoms with Crippen LogP contribution in [0.4, 0.5) is 5.69 Å². The van der Waals surface area contributed by atoms with E-state index in [1.807, 2.05) is 6.92 Å². The van der Waals surface area contributed by atoms with Crippen LogP contribution in [0.25, 0.3) is 0 Å². The minimum atomic E-state index is -3.45. The molecule has 0 spiro atoms. The van der Waals surface area contributed by atoms with Gasteiger partial charge in [-0.15, -0.1) is 0 Å². The van der Waals surface area contributed by atoms with E-state index in [1.54, 1.807) is 42.5 Å². The molecule has 0 unspecified atom stereocenters. The standard InChI is InChI=1S/C16H17Cl2NO3S/c1-3-22-14-7-5-13(6-8-14)19(23(2,20)21)11-12-4-9-15(17)16(18)10-12/h4-10H,3,11H2,1-2H3. The summed E-state index contributed by atoms with van der Waals surface area (Å²) < 4.78 is 30.9. The van der Waals surface area contributed by atoms with Crippen molar-refractivity contribution in [3.63, 3.8) is 0 Å². The lowest BCUT2D eigenvalue weighted by atomic mass is 10.2. The number of rotatable bonds is 6. The number of hydrogen-bond acceptors (Lipinski definition) is 3. The lowest BCUT2D eigenvalue weighted by Gasteiger charge is -2.23. The van der Waals surface area contributed by atoms with Crippen molar-refractivity contribution >= 4 is 38.9 Å². The SMILES string of the molecule is CCOc1ccc(N(Cc2ccc(Cl)c(Cl)c2)S(C)(=O)=O)cc1. The summed E-state index contributed by atoms with van der Waals surface area (Å²) >= 11 is 11.9. The van der Waals surface area contributed by atoms with Crippen LogP contribution in [-0.2, 0) is 16.6 Å². The van der Waals surface area contributed by atoms with E-state index in [-0.39, 0.29) is 6.54 Å². The van der Waals surface area contributed by atoms with Crippen LogP contribution in [0.3, 0.4) is 0 Å². The highest BCUT2D eigenvalue weighted by Gasteiger charge is 2.18.